The molecule has 1 aromatic carbocycles. The molecule has 0 aliphatic rings. The molecule has 0 heterocycles. The highest BCUT2D eigenvalue weighted by atomic mass is 35.5. The van der Waals surface area contributed by atoms with Crippen molar-refractivity contribution in [2.24, 2.45) is 0 Å². The third-order valence-corrected chi connectivity index (χ3v) is 2.68. The Bertz CT molecular complexity index is 421. The van der Waals surface area contributed by atoms with E-state index in [1.54, 1.807) is 12.1 Å². The number of methoxy groups -OCH3 is 1. The molecule has 2 atom stereocenters. The van der Waals surface area contributed by atoms with Crippen LogP contribution in [0.2, 0.25) is 0 Å². The van der Waals surface area contributed by atoms with E-state index in [2.05, 4.69) is 5.32 Å². The van der Waals surface area contributed by atoms with Crippen LogP contribution in [-0.2, 0) is 0 Å². The van der Waals surface area contributed by atoms with Crippen molar-refractivity contribution < 1.29 is 14.6 Å². The number of ether oxygens (including phenoxy) is 1. The average Bonchev–Trinajstić information content (AvgIpc) is 2.27. The van der Waals surface area contributed by atoms with Gasteiger partial charge in [-0.1, -0.05) is 0 Å². The Hall–Kier alpha value is -1.42. The molecule has 2 unspecified atom stereocenters. The van der Waals surface area contributed by atoms with Crippen molar-refractivity contribution >= 4 is 17.5 Å². The molecule has 1 aromatic rings. The number of phenols is 1. The van der Waals surface area contributed by atoms with E-state index in [9.17, 15) is 9.90 Å². The second-order valence-electron chi connectivity index (χ2n) is 4.28. The number of nitrogens with one attached hydrogen (secondary N) is 1. The van der Waals surface area contributed by atoms with Crippen LogP contribution in [0.5, 0.6) is 11.5 Å². The number of carbonyl (C=O) groups excluding carboxylic acids is 1. The zero-order valence-corrected chi connectivity index (χ0v) is 11.5. The molecule has 0 aromatic heterocycles. The lowest BCUT2D eigenvalue weighted by Crippen LogP contribution is -2.33. The van der Waals surface area contributed by atoms with Crippen LogP contribution in [-0.4, -0.2) is 29.5 Å². The Kier molecular flexibility index (Phi) is 5.28. The van der Waals surface area contributed by atoms with E-state index in [-0.39, 0.29) is 23.1 Å². The SMILES string of the molecule is COc1ccc(C(=O)NC(C)CC(C)Cl)cc1O. The summed E-state index contributed by atoms with van der Waals surface area (Å²) in [5.41, 5.74) is 0.391. The van der Waals surface area contributed by atoms with Gasteiger partial charge in [0.15, 0.2) is 11.5 Å². The average molecular weight is 272 g/mol. The van der Waals surface area contributed by atoms with Gasteiger partial charge in [0.05, 0.1) is 7.11 Å². The van der Waals surface area contributed by atoms with Crippen LogP contribution in [0.1, 0.15) is 30.6 Å². The van der Waals surface area contributed by atoms with E-state index in [0.29, 0.717) is 17.7 Å². The van der Waals surface area contributed by atoms with E-state index in [1.165, 1.54) is 13.2 Å². The second-order valence-corrected chi connectivity index (χ2v) is 5.02. The van der Waals surface area contributed by atoms with Crippen molar-refractivity contribution in [1.82, 2.24) is 5.32 Å². The number of hydrogen-bond acceptors (Lipinski definition) is 3. The lowest BCUT2D eigenvalue weighted by Gasteiger charge is -2.15. The smallest absolute Gasteiger partial charge is 0.251 e. The van der Waals surface area contributed by atoms with Crippen LogP contribution in [0.25, 0.3) is 0 Å². The molecule has 0 fully saturated rings. The van der Waals surface area contributed by atoms with Gasteiger partial charge in [0.1, 0.15) is 0 Å². The molecule has 0 radical (unpaired) electrons. The molecular formula is C13H18ClNO3. The number of benzene rings is 1. The maximum Gasteiger partial charge on any atom is 0.251 e. The minimum absolute atomic E-state index is 0.00423. The van der Waals surface area contributed by atoms with Crippen LogP contribution < -0.4 is 10.1 Å². The fourth-order valence-corrected chi connectivity index (χ4v) is 1.95. The number of amides is 1. The molecule has 0 saturated carbocycles. The standard InChI is InChI=1S/C13H18ClNO3/c1-8(14)6-9(2)15-13(17)10-4-5-12(18-3)11(16)7-10/h4-5,7-9,16H,6H2,1-3H3,(H,15,17). The van der Waals surface area contributed by atoms with Gasteiger partial charge in [0.25, 0.3) is 5.91 Å². The van der Waals surface area contributed by atoms with Gasteiger partial charge >= 0.3 is 0 Å². The van der Waals surface area contributed by atoms with Gasteiger partial charge in [0.2, 0.25) is 0 Å². The van der Waals surface area contributed by atoms with Crippen molar-refractivity contribution in [2.45, 2.75) is 31.7 Å². The van der Waals surface area contributed by atoms with Crippen LogP contribution >= 0.6 is 11.6 Å². The summed E-state index contributed by atoms with van der Waals surface area (Å²) >= 11 is 5.86. The summed E-state index contributed by atoms with van der Waals surface area (Å²) in [6.07, 6.45) is 0.690. The van der Waals surface area contributed by atoms with Crippen LogP contribution in [0.15, 0.2) is 18.2 Å². The van der Waals surface area contributed by atoms with Gasteiger partial charge in [-0.25, -0.2) is 0 Å². The highest BCUT2D eigenvalue weighted by molar-refractivity contribution is 6.20. The predicted molar refractivity (Wildman–Crippen MR) is 71.5 cm³/mol. The minimum atomic E-state index is -0.238. The Morgan fingerprint density at radius 2 is 2.17 bits per heavy atom. The maximum atomic E-state index is 11.9. The van der Waals surface area contributed by atoms with Crippen LogP contribution in [0.4, 0.5) is 0 Å². The molecule has 5 heteroatoms. The Labute approximate surface area is 112 Å². The molecule has 0 saturated heterocycles. The third kappa shape index (κ3) is 4.11. The first-order valence-corrected chi connectivity index (χ1v) is 6.19. The lowest BCUT2D eigenvalue weighted by molar-refractivity contribution is 0.0938. The number of phenolic OH excluding ortho intramolecular Hbond substituents is 1. The van der Waals surface area contributed by atoms with Gasteiger partial charge in [-0.05, 0) is 38.5 Å². The monoisotopic (exact) mass is 271 g/mol. The Morgan fingerprint density at radius 1 is 1.50 bits per heavy atom. The predicted octanol–water partition coefficient (Wildman–Crippen LogP) is 2.54. The number of alkyl halides is 1. The van der Waals surface area contributed by atoms with Gasteiger partial charge in [-0.2, -0.15) is 0 Å². The van der Waals surface area contributed by atoms with E-state index >= 15 is 0 Å². The second kappa shape index (κ2) is 6.50. The van der Waals surface area contributed by atoms with E-state index in [4.69, 9.17) is 16.3 Å². The molecule has 2 N–H and O–H groups in total. The molecule has 4 nitrogen and oxygen atoms in total. The summed E-state index contributed by atoms with van der Waals surface area (Å²) in [7, 11) is 1.46. The maximum absolute atomic E-state index is 11.9. The lowest BCUT2D eigenvalue weighted by atomic mass is 10.1. The normalized spacial score (nSPS) is 13.8. The minimum Gasteiger partial charge on any atom is -0.504 e. The van der Waals surface area contributed by atoms with Crippen LogP contribution in [0, 0.1) is 0 Å². The van der Waals surface area contributed by atoms with Crippen molar-refractivity contribution in [3.63, 3.8) is 0 Å². The number of carbonyl (C=O) groups is 1. The van der Waals surface area contributed by atoms with Crippen molar-refractivity contribution in [1.29, 1.82) is 0 Å². The molecule has 18 heavy (non-hydrogen) atoms. The van der Waals surface area contributed by atoms with Crippen molar-refractivity contribution in [3.05, 3.63) is 23.8 Å². The summed E-state index contributed by atoms with van der Waals surface area (Å²) in [6.45, 7) is 3.77. The fourth-order valence-electron chi connectivity index (χ4n) is 1.68. The highest BCUT2D eigenvalue weighted by Crippen LogP contribution is 2.26. The number of hydrogen-bond donors (Lipinski definition) is 2. The van der Waals surface area contributed by atoms with E-state index < -0.39 is 0 Å². The Balaban J connectivity index is 2.70. The first kappa shape index (κ1) is 14.6. The first-order chi connectivity index (χ1) is 8.43. The van der Waals surface area contributed by atoms with Crippen molar-refractivity contribution in [3.8, 4) is 11.5 Å². The third-order valence-electron chi connectivity index (χ3n) is 2.50. The molecule has 100 valence electrons. The van der Waals surface area contributed by atoms with E-state index in [1.807, 2.05) is 13.8 Å². The summed E-state index contributed by atoms with van der Waals surface area (Å²) in [4.78, 5) is 11.9. The zero-order valence-electron chi connectivity index (χ0n) is 10.7. The molecular weight excluding hydrogens is 254 g/mol. The largest absolute Gasteiger partial charge is 0.504 e. The van der Waals surface area contributed by atoms with E-state index in [0.717, 1.165) is 0 Å². The molecule has 0 aliphatic heterocycles. The summed E-state index contributed by atoms with van der Waals surface area (Å²) < 4.78 is 4.91. The van der Waals surface area contributed by atoms with Crippen molar-refractivity contribution in [2.75, 3.05) is 7.11 Å². The quantitative estimate of drug-likeness (QED) is 0.809. The fraction of sp³-hybridized carbons (Fsp3) is 0.462. The zero-order chi connectivity index (χ0) is 13.7. The van der Waals surface area contributed by atoms with Gasteiger partial charge in [0, 0.05) is 17.0 Å². The molecule has 0 spiro atoms. The molecule has 0 bridgehead atoms. The molecule has 0 aliphatic carbocycles. The molecule has 1 rings (SSSR count). The first-order valence-electron chi connectivity index (χ1n) is 5.76. The number of rotatable bonds is 5. The van der Waals surface area contributed by atoms with Crippen LogP contribution in [0.3, 0.4) is 0 Å². The number of aromatic hydroxyl groups is 1. The Morgan fingerprint density at radius 3 is 2.67 bits per heavy atom. The number of halogens is 1. The summed E-state index contributed by atoms with van der Waals surface area (Å²) in [5, 5.41) is 12.4. The topological polar surface area (TPSA) is 58.6 Å². The van der Waals surface area contributed by atoms with Gasteiger partial charge in [-0.3, -0.25) is 4.79 Å². The van der Waals surface area contributed by atoms with Gasteiger partial charge < -0.3 is 15.2 Å². The molecule has 1 amide bonds. The summed E-state index contributed by atoms with van der Waals surface area (Å²) in [5.74, 6) is 0.0512. The van der Waals surface area contributed by atoms with Gasteiger partial charge in [-0.15, -0.1) is 11.6 Å². The highest BCUT2D eigenvalue weighted by Gasteiger charge is 2.13. The summed E-state index contributed by atoms with van der Waals surface area (Å²) in [6, 6.07) is 4.52.